The highest BCUT2D eigenvalue weighted by molar-refractivity contribution is 6.51. The third-order valence-corrected chi connectivity index (χ3v) is 4.80. The molecule has 0 aliphatic carbocycles. The minimum Gasteiger partial charge on any atom is -0.206 e. The zero-order valence-corrected chi connectivity index (χ0v) is 17.0. The highest BCUT2D eigenvalue weighted by atomic mass is 19.1. The molecule has 0 heterocycles. The Morgan fingerprint density at radius 3 is 1.72 bits per heavy atom. The molecule has 0 unspecified atom stereocenters. The van der Waals surface area contributed by atoms with Gasteiger partial charge in [-0.15, -0.1) is 0 Å². The number of hydrogen-bond donors (Lipinski definition) is 0. The molecule has 3 heteroatoms. The summed E-state index contributed by atoms with van der Waals surface area (Å²) in [7, 11) is 1.64. The van der Waals surface area contributed by atoms with Crippen molar-refractivity contribution in [1.82, 2.24) is 0 Å². The molecule has 0 N–H and O–H groups in total. The minimum absolute atomic E-state index is 0.218. The molecule has 0 saturated carbocycles. The Kier molecular flexibility index (Phi) is 6.21. The van der Waals surface area contributed by atoms with Gasteiger partial charge in [0.05, 0.1) is 5.56 Å². The number of benzene rings is 3. The van der Waals surface area contributed by atoms with Crippen molar-refractivity contribution in [3.63, 3.8) is 0 Å². The second kappa shape index (κ2) is 8.81. The highest BCUT2D eigenvalue weighted by Gasteiger charge is 2.08. The topological polar surface area (TPSA) is 0 Å². The maximum absolute atomic E-state index is 14.0. The van der Waals surface area contributed by atoms with Crippen molar-refractivity contribution in [2.45, 2.75) is 27.6 Å². The molecule has 3 aromatic rings. The van der Waals surface area contributed by atoms with E-state index in [0.717, 1.165) is 16.7 Å². The van der Waals surface area contributed by atoms with Crippen LogP contribution in [0.15, 0.2) is 48.5 Å². The summed E-state index contributed by atoms with van der Waals surface area (Å²) in [5, 5.41) is 0. The van der Waals surface area contributed by atoms with Gasteiger partial charge in [-0.05, 0) is 79.9 Å². The third kappa shape index (κ3) is 4.95. The first-order valence-electron chi connectivity index (χ1n) is 9.37. The van der Waals surface area contributed by atoms with Gasteiger partial charge < -0.3 is 0 Å². The Morgan fingerprint density at radius 1 is 0.655 bits per heavy atom. The number of halogens is 2. The van der Waals surface area contributed by atoms with Crippen LogP contribution in [0.2, 0.25) is 6.82 Å². The van der Waals surface area contributed by atoms with Crippen LogP contribution in [0.3, 0.4) is 0 Å². The van der Waals surface area contributed by atoms with Gasteiger partial charge in [0.2, 0.25) is 0 Å². The van der Waals surface area contributed by atoms with Crippen molar-refractivity contribution in [3.8, 4) is 23.7 Å². The summed E-state index contributed by atoms with van der Waals surface area (Å²) >= 11 is 0. The first-order valence-corrected chi connectivity index (χ1v) is 9.37. The zero-order valence-electron chi connectivity index (χ0n) is 17.0. The molecule has 0 nitrogen and oxygen atoms in total. The molecule has 0 spiro atoms. The van der Waals surface area contributed by atoms with E-state index in [-0.39, 0.29) is 5.56 Å². The average Bonchev–Trinajstić information content (AvgIpc) is 2.69. The standard InChI is InChI=1S/C26H20BF2/c1-17-13-19(3)22(14-18(17)2)11-9-20-5-7-21(8-6-20)10-12-24-25(28)15-23(27-4)16-26(24)29/h5-8,13-16H,1-4H3. The lowest BCUT2D eigenvalue weighted by molar-refractivity contribution is 0.579. The van der Waals surface area contributed by atoms with Crippen LogP contribution < -0.4 is 5.46 Å². The van der Waals surface area contributed by atoms with Gasteiger partial charge in [0, 0.05) is 16.7 Å². The normalized spacial score (nSPS) is 9.86. The quantitative estimate of drug-likeness (QED) is 0.408. The van der Waals surface area contributed by atoms with Gasteiger partial charge in [-0.1, -0.05) is 42.0 Å². The first kappa shape index (κ1) is 20.4. The molecule has 0 saturated heterocycles. The summed E-state index contributed by atoms with van der Waals surface area (Å²) < 4.78 is 28.1. The van der Waals surface area contributed by atoms with Crippen LogP contribution in [-0.2, 0) is 0 Å². The van der Waals surface area contributed by atoms with Crippen LogP contribution in [0.1, 0.15) is 38.9 Å². The lowest BCUT2D eigenvalue weighted by Gasteiger charge is -2.04. The average molecular weight is 381 g/mol. The van der Waals surface area contributed by atoms with Gasteiger partial charge in [-0.2, -0.15) is 0 Å². The fourth-order valence-corrected chi connectivity index (χ4v) is 2.89. The van der Waals surface area contributed by atoms with Crippen molar-refractivity contribution in [2.75, 3.05) is 0 Å². The predicted octanol–water partition coefficient (Wildman–Crippen LogP) is 5.07. The molecule has 0 aliphatic heterocycles. The molecule has 141 valence electrons. The lowest BCUT2D eigenvalue weighted by atomic mass is 9.73. The number of hydrogen-bond acceptors (Lipinski definition) is 0. The van der Waals surface area contributed by atoms with Gasteiger partial charge in [-0.25, -0.2) is 8.78 Å². The monoisotopic (exact) mass is 381 g/mol. The van der Waals surface area contributed by atoms with Gasteiger partial charge in [0.15, 0.2) is 0 Å². The Hall–Kier alpha value is -3.30. The molecular formula is C26H20BF2. The fraction of sp³-hybridized carbons (Fsp3) is 0.154. The van der Waals surface area contributed by atoms with Crippen molar-refractivity contribution in [1.29, 1.82) is 0 Å². The number of rotatable bonds is 1. The largest absolute Gasteiger partial charge is 0.206 e. The van der Waals surface area contributed by atoms with E-state index in [0.29, 0.717) is 11.0 Å². The lowest BCUT2D eigenvalue weighted by Crippen LogP contribution is -2.13. The minimum atomic E-state index is -0.656. The molecule has 3 aromatic carbocycles. The summed E-state index contributed by atoms with van der Waals surface area (Å²) in [6, 6.07) is 14.1. The van der Waals surface area contributed by atoms with Crippen LogP contribution in [0.4, 0.5) is 8.78 Å². The molecule has 0 aromatic heterocycles. The Morgan fingerprint density at radius 2 is 1.17 bits per heavy atom. The molecule has 0 amide bonds. The van der Waals surface area contributed by atoms with E-state index < -0.39 is 11.6 Å². The van der Waals surface area contributed by atoms with Crippen LogP contribution >= 0.6 is 0 Å². The maximum Gasteiger partial charge on any atom is 0.148 e. The molecule has 0 bridgehead atoms. The van der Waals surface area contributed by atoms with E-state index in [9.17, 15) is 8.78 Å². The van der Waals surface area contributed by atoms with Gasteiger partial charge in [0.1, 0.15) is 18.9 Å². The van der Waals surface area contributed by atoms with Crippen molar-refractivity contribution in [2.24, 2.45) is 0 Å². The van der Waals surface area contributed by atoms with Crippen molar-refractivity contribution < 1.29 is 8.78 Å². The smallest absolute Gasteiger partial charge is 0.148 e. The van der Waals surface area contributed by atoms with E-state index in [1.807, 2.05) is 12.1 Å². The Bertz CT molecular complexity index is 1160. The third-order valence-electron chi connectivity index (χ3n) is 4.80. The zero-order chi connectivity index (χ0) is 21.0. The van der Waals surface area contributed by atoms with Gasteiger partial charge >= 0.3 is 0 Å². The Balaban J connectivity index is 1.82. The van der Waals surface area contributed by atoms with Crippen LogP contribution in [0, 0.1) is 56.1 Å². The summed E-state index contributed by atoms with van der Waals surface area (Å²) in [5.41, 5.74) is 6.43. The van der Waals surface area contributed by atoms with E-state index in [2.05, 4.69) is 56.6 Å². The Labute approximate surface area is 172 Å². The second-order valence-electron chi connectivity index (χ2n) is 6.98. The molecule has 1 radical (unpaired) electrons. The summed E-state index contributed by atoms with van der Waals surface area (Å²) in [6.07, 6.45) is 0. The molecular weight excluding hydrogens is 361 g/mol. The predicted molar refractivity (Wildman–Crippen MR) is 117 cm³/mol. The second-order valence-corrected chi connectivity index (χ2v) is 6.98. The van der Waals surface area contributed by atoms with Crippen LogP contribution in [-0.4, -0.2) is 7.28 Å². The van der Waals surface area contributed by atoms with Crippen molar-refractivity contribution in [3.05, 3.63) is 99.1 Å². The van der Waals surface area contributed by atoms with Crippen molar-refractivity contribution >= 4 is 12.7 Å². The molecule has 0 aliphatic rings. The fourth-order valence-electron chi connectivity index (χ4n) is 2.89. The number of aryl methyl sites for hydroxylation is 3. The van der Waals surface area contributed by atoms with Gasteiger partial charge in [-0.3, -0.25) is 0 Å². The molecule has 3 rings (SSSR count). The molecule has 0 atom stereocenters. The summed E-state index contributed by atoms with van der Waals surface area (Å²) in [6.45, 7) is 7.95. The van der Waals surface area contributed by atoms with E-state index >= 15 is 0 Å². The maximum atomic E-state index is 14.0. The molecule has 29 heavy (non-hydrogen) atoms. The molecule has 0 fully saturated rings. The summed E-state index contributed by atoms with van der Waals surface area (Å²) in [4.78, 5) is 0. The van der Waals surface area contributed by atoms with Gasteiger partial charge in [0.25, 0.3) is 0 Å². The van der Waals surface area contributed by atoms with E-state index in [1.54, 1.807) is 26.2 Å². The van der Waals surface area contributed by atoms with Crippen LogP contribution in [0.25, 0.3) is 0 Å². The summed E-state index contributed by atoms with van der Waals surface area (Å²) in [5.74, 6) is 10.5. The van der Waals surface area contributed by atoms with E-state index in [4.69, 9.17) is 0 Å². The highest BCUT2D eigenvalue weighted by Crippen LogP contribution is 2.15. The SMILES string of the molecule is C[B]c1cc(F)c(C#Cc2ccc(C#Cc3cc(C)c(C)cc3C)cc2)c(F)c1. The van der Waals surface area contributed by atoms with E-state index in [1.165, 1.54) is 23.3 Å². The van der Waals surface area contributed by atoms with Crippen LogP contribution in [0.5, 0.6) is 0 Å². The first-order chi connectivity index (χ1) is 13.9.